The predicted molar refractivity (Wildman–Crippen MR) is 114 cm³/mol. The van der Waals surface area contributed by atoms with Gasteiger partial charge < -0.3 is 9.84 Å². The standard InChI is InChI=1S/C24H28N2O/c1-17(2)9-8-10-18(3)25-23-19(4)26-27-24(23)22-15-13-21(14-16-22)20-11-6-5-7-12-20/h5-7,9,11-16,18,25H,8,10H2,1-4H3. The molecule has 140 valence electrons. The van der Waals surface area contributed by atoms with E-state index in [2.05, 4.69) is 85.9 Å². The molecule has 0 saturated heterocycles. The molecule has 3 heteroatoms. The van der Waals surface area contributed by atoms with E-state index >= 15 is 0 Å². The highest BCUT2D eigenvalue weighted by Crippen LogP contribution is 2.33. The van der Waals surface area contributed by atoms with Gasteiger partial charge in [-0.25, -0.2) is 0 Å². The van der Waals surface area contributed by atoms with Gasteiger partial charge in [-0.15, -0.1) is 0 Å². The number of hydrogen-bond donors (Lipinski definition) is 1. The van der Waals surface area contributed by atoms with Crippen LogP contribution in [0.25, 0.3) is 22.5 Å². The average molecular weight is 361 g/mol. The zero-order valence-corrected chi connectivity index (χ0v) is 16.6. The van der Waals surface area contributed by atoms with Crippen LogP contribution in [-0.4, -0.2) is 11.2 Å². The summed E-state index contributed by atoms with van der Waals surface area (Å²) in [5.74, 6) is 0.807. The van der Waals surface area contributed by atoms with Gasteiger partial charge in [0.15, 0.2) is 5.76 Å². The first-order valence-electron chi connectivity index (χ1n) is 9.56. The van der Waals surface area contributed by atoms with Crippen molar-refractivity contribution < 1.29 is 4.52 Å². The summed E-state index contributed by atoms with van der Waals surface area (Å²) in [5.41, 5.74) is 6.69. The monoisotopic (exact) mass is 360 g/mol. The molecule has 3 rings (SSSR count). The molecule has 1 N–H and O–H groups in total. The van der Waals surface area contributed by atoms with Crippen LogP contribution in [0, 0.1) is 6.92 Å². The summed E-state index contributed by atoms with van der Waals surface area (Å²) in [5, 5.41) is 7.78. The van der Waals surface area contributed by atoms with Crippen molar-refractivity contribution in [1.29, 1.82) is 0 Å². The lowest BCUT2D eigenvalue weighted by Crippen LogP contribution is -2.15. The van der Waals surface area contributed by atoms with Crippen molar-refractivity contribution in [3.05, 3.63) is 71.9 Å². The minimum Gasteiger partial charge on any atom is -0.378 e. The molecule has 3 aromatic rings. The van der Waals surface area contributed by atoms with E-state index < -0.39 is 0 Å². The Bertz CT molecular complexity index is 888. The van der Waals surface area contributed by atoms with E-state index in [-0.39, 0.29) is 0 Å². The molecule has 0 aliphatic carbocycles. The maximum atomic E-state index is 5.65. The first-order chi connectivity index (χ1) is 13.0. The maximum absolute atomic E-state index is 5.65. The third-order valence-electron chi connectivity index (χ3n) is 4.66. The molecule has 0 spiro atoms. The smallest absolute Gasteiger partial charge is 0.190 e. The number of anilines is 1. The first-order valence-corrected chi connectivity index (χ1v) is 9.56. The van der Waals surface area contributed by atoms with Gasteiger partial charge in [0.25, 0.3) is 0 Å². The van der Waals surface area contributed by atoms with Crippen LogP contribution < -0.4 is 5.32 Å². The van der Waals surface area contributed by atoms with Crippen molar-refractivity contribution in [3.8, 4) is 22.5 Å². The molecule has 0 fully saturated rings. The molecule has 0 aliphatic heterocycles. The van der Waals surface area contributed by atoms with Gasteiger partial charge in [-0.3, -0.25) is 0 Å². The summed E-state index contributed by atoms with van der Waals surface area (Å²) in [6.45, 7) is 8.46. The van der Waals surface area contributed by atoms with Gasteiger partial charge in [0, 0.05) is 11.6 Å². The zero-order valence-electron chi connectivity index (χ0n) is 16.6. The van der Waals surface area contributed by atoms with Crippen LogP contribution in [-0.2, 0) is 0 Å². The molecule has 0 radical (unpaired) electrons. The minimum absolute atomic E-state index is 0.348. The number of allylic oxidation sites excluding steroid dienone is 2. The number of aromatic nitrogens is 1. The van der Waals surface area contributed by atoms with E-state index in [4.69, 9.17) is 4.52 Å². The molecule has 2 aromatic carbocycles. The third-order valence-corrected chi connectivity index (χ3v) is 4.66. The van der Waals surface area contributed by atoms with E-state index in [1.807, 2.05) is 13.0 Å². The Morgan fingerprint density at radius 1 is 1.00 bits per heavy atom. The molecule has 0 aliphatic rings. The number of nitrogens with zero attached hydrogens (tertiary/aromatic N) is 1. The fourth-order valence-electron chi connectivity index (χ4n) is 3.12. The number of aryl methyl sites for hydroxylation is 1. The van der Waals surface area contributed by atoms with Gasteiger partial charge in [-0.05, 0) is 51.7 Å². The Morgan fingerprint density at radius 3 is 2.30 bits per heavy atom. The lowest BCUT2D eigenvalue weighted by Gasteiger charge is -2.14. The summed E-state index contributed by atoms with van der Waals surface area (Å²) in [7, 11) is 0. The molecule has 1 aromatic heterocycles. The Kier molecular flexibility index (Phi) is 6.12. The Hall–Kier alpha value is -2.81. The predicted octanol–water partition coefficient (Wildman–Crippen LogP) is 6.86. The van der Waals surface area contributed by atoms with Crippen molar-refractivity contribution in [2.24, 2.45) is 0 Å². The highest BCUT2D eigenvalue weighted by molar-refractivity contribution is 5.76. The molecule has 1 atom stereocenters. The van der Waals surface area contributed by atoms with Crippen molar-refractivity contribution in [1.82, 2.24) is 5.16 Å². The van der Waals surface area contributed by atoms with Crippen LogP contribution in [0.5, 0.6) is 0 Å². The molecular formula is C24H28N2O. The van der Waals surface area contributed by atoms with Crippen LogP contribution in [0.4, 0.5) is 5.69 Å². The molecule has 0 saturated carbocycles. The van der Waals surface area contributed by atoms with Crippen LogP contribution in [0.2, 0.25) is 0 Å². The molecule has 0 bridgehead atoms. The van der Waals surface area contributed by atoms with Gasteiger partial charge in [0.1, 0.15) is 11.4 Å². The zero-order chi connectivity index (χ0) is 19.2. The van der Waals surface area contributed by atoms with Gasteiger partial charge in [-0.1, -0.05) is 71.4 Å². The number of benzene rings is 2. The molecule has 1 unspecified atom stereocenters. The van der Waals surface area contributed by atoms with Crippen LogP contribution in [0.15, 0.2) is 70.8 Å². The summed E-state index contributed by atoms with van der Waals surface area (Å²) >= 11 is 0. The highest BCUT2D eigenvalue weighted by Gasteiger charge is 2.16. The van der Waals surface area contributed by atoms with E-state index in [1.54, 1.807) is 0 Å². The first kappa shape index (κ1) is 19.0. The van der Waals surface area contributed by atoms with Gasteiger partial charge in [0.05, 0.1) is 0 Å². The van der Waals surface area contributed by atoms with Gasteiger partial charge >= 0.3 is 0 Å². The number of nitrogens with one attached hydrogen (secondary N) is 1. The van der Waals surface area contributed by atoms with Crippen LogP contribution in [0.1, 0.15) is 39.3 Å². The van der Waals surface area contributed by atoms with Crippen LogP contribution in [0.3, 0.4) is 0 Å². The Balaban J connectivity index is 1.77. The summed E-state index contributed by atoms with van der Waals surface area (Å²) in [6.07, 6.45) is 4.42. The van der Waals surface area contributed by atoms with E-state index in [1.165, 1.54) is 16.7 Å². The second-order valence-corrected chi connectivity index (χ2v) is 7.32. The highest BCUT2D eigenvalue weighted by atomic mass is 16.5. The lowest BCUT2D eigenvalue weighted by molar-refractivity contribution is 0.427. The molecular weight excluding hydrogens is 332 g/mol. The second-order valence-electron chi connectivity index (χ2n) is 7.32. The normalized spacial score (nSPS) is 11.9. The SMILES string of the molecule is CC(C)=CCCC(C)Nc1c(C)noc1-c1ccc(-c2ccccc2)cc1. The average Bonchev–Trinajstić information content (AvgIpc) is 3.03. The summed E-state index contributed by atoms with van der Waals surface area (Å²) < 4.78 is 5.65. The van der Waals surface area contributed by atoms with E-state index in [0.29, 0.717) is 6.04 Å². The second kappa shape index (κ2) is 8.72. The van der Waals surface area contributed by atoms with Crippen molar-refractivity contribution >= 4 is 5.69 Å². The molecule has 27 heavy (non-hydrogen) atoms. The topological polar surface area (TPSA) is 38.1 Å². The quantitative estimate of drug-likeness (QED) is 0.467. The fraction of sp³-hybridized carbons (Fsp3) is 0.292. The Labute approximate surface area is 162 Å². The van der Waals surface area contributed by atoms with E-state index in [0.717, 1.165) is 35.5 Å². The molecule has 3 nitrogen and oxygen atoms in total. The molecule has 0 amide bonds. The van der Waals surface area contributed by atoms with Crippen molar-refractivity contribution in [2.75, 3.05) is 5.32 Å². The number of hydrogen-bond acceptors (Lipinski definition) is 3. The van der Waals surface area contributed by atoms with E-state index in [9.17, 15) is 0 Å². The van der Waals surface area contributed by atoms with Crippen molar-refractivity contribution in [2.45, 2.75) is 46.6 Å². The fourth-order valence-corrected chi connectivity index (χ4v) is 3.12. The molecule has 1 heterocycles. The largest absolute Gasteiger partial charge is 0.378 e. The van der Waals surface area contributed by atoms with Gasteiger partial charge in [-0.2, -0.15) is 0 Å². The lowest BCUT2D eigenvalue weighted by atomic mass is 10.0. The third kappa shape index (κ3) is 4.88. The van der Waals surface area contributed by atoms with Gasteiger partial charge in [0.2, 0.25) is 0 Å². The van der Waals surface area contributed by atoms with Crippen LogP contribution >= 0.6 is 0 Å². The summed E-state index contributed by atoms with van der Waals surface area (Å²) in [4.78, 5) is 0. The number of rotatable bonds is 7. The summed E-state index contributed by atoms with van der Waals surface area (Å²) in [6, 6.07) is 19.2. The minimum atomic E-state index is 0.348. The van der Waals surface area contributed by atoms with Crippen molar-refractivity contribution in [3.63, 3.8) is 0 Å². The Morgan fingerprint density at radius 2 is 1.63 bits per heavy atom. The maximum Gasteiger partial charge on any atom is 0.190 e.